The molecule has 7 nitrogen and oxygen atoms in total. The van der Waals surface area contributed by atoms with E-state index in [1.807, 2.05) is 41.8 Å². The number of methoxy groups -OCH3 is 1. The van der Waals surface area contributed by atoms with Gasteiger partial charge in [-0.1, -0.05) is 41.1 Å². The van der Waals surface area contributed by atoms with Crippen LogP contribution >= 0.6 is 23.4 Å². The first-order valence-electron chi connectivity index (χ1n) is 9.37. The van der Waals surface area contributed by atoms with Crippen LogP contribution in [-0.4, -0.2) is 33.5 Å². The average molecular weight is 455 g/mol. The molecule has 158 valence electrons. The zero-order chi connectivity index (χ0) is 21.8. The first-order chi connectivity index (χ1) is 15.0. The molecular weight excluding hydrogens is 436 g/mol. The number of rotatable bonds is 7. The topological polar surface area (TPSA) is 82.2 Å². The minimum Gasteiger partial charge on any atom is -0.495 e. The van der Waals surface area contributed by atoms with Gasteiger partial charge in [0, 0.05) is 11.4 Å². The van der Waals surface area contributed by atoms with Crippen molar-refractivity contribution in [2.24, 2.45) is 0 Å². The number of nitrogens with zero attached hydrogens (tertiary/aromatic N) is 3. The van der Waals surface area contributed by atoms with Crippen molar-refractivity contribution in [1.82, 2.24) is 14.8 Å². The highest BCUT2D eigenvalue weighted by Gasteiger charge is 2.19. The van der Waals surface area contributed by atoms with Gasteiger partial charge in [0.1, 0.15) is 5.75 Å². The number of thioether (sulfide) groups is 1. The Kier molecular flexibility index (Phi) is 6.29. The fraction of sp³-hybridized carbons (Fsp3) is 0.136. The van der Waals surface area contributed by atoms with E-state index in [4.69, 9.17) is 20.8 Å². The second-order valence-corrected chi connectivity index (χ2v) is 7.99. The highest BCUT2D eigenvalue weighted by atomic mass is 35.5. The molecule has 1 N–H and O–H groups in total. The van der Waals surface area contributed by atoms with Gasteiger partial charge in [0.2, 0.25) is 11.7 Å². The van der Waals surface area contributed by atoms with Crippen LogP contribution in [0.5, 0.6) is 5.75 Å². The van der Waals surface area contributed by atoms with Crippen molar-refractivity contribution < 1.29 is 13.9 Å². The Morgan fingerprint density at radius 1 is 1.19 bits per heavy atom. The molecule has 4 aromatic rings. The molecule has 0 aliphatic carbocycles. The average Bonchev–Trinajstić information content (AvgIpc) is 3.43. The van der Waals surface area contributed by atoms with Crippen LogP contribution in [-0.2, 0) is 4.79 Å². The fourth-order valence-electron chi connectivity index (χ4n) is 2.93. The summed E-state index contributed by atoms with van der Waals surface area (Å²) >= 11 is 7.41. The van der Waals surface area contributed by atoms with E-state index in [1.165, 1.54) is 18.9 Å². The number of aromatic nitrogens is 3. The molecule has 1 amide bonds. The number of furan rings is 1. The lowest BCUT2D eigenvalue weighted by Gasteiger charge is -2.10. The maximum atomic E-state index is 12.5. The lowest BCUT2D eigenvalue weighted by Crippen LogP contribution is -2.14. The molecule has 0 unspecified atom stereocenters. The number of carbonyl (C=O) groups is 1. The maximum Gasteiger partial charge on any atom is 0.234 e. The summed E-state index contributed by atoms with van der Waals surface area (Å²) < 4.78 is 12.5. The molecule has 0 aliphatic heterocycles. The number of carbonyl (C=O) groups excluding carboxylic acids is 1. The summed E-state index contributed by atoms with van der Waals surface area (Å²) in [6.07, 6.45) is 1.59. The monoisotopic (exact) mass is 454 g/mol. The molecule has 0 saturated carbocycles. The van der Waals surface area contributed by atoms with Gasteiger partial charge in [-0.05, 0) is 49.4 Å². The van der Waals surface area contributed by atoms with E-state index in [0.717, 1.165) is 11.3 Å². The number of amides is 1. The largest absolute Gasteiger partial charge is 0.495 e. The molecule has 31 heavy (non-hydrogen) atoms. The van der Waals surface area contributed by atoms with Gasteiger partial charge in [0.15, 0.2) is 10.9 Å². The van der Waals surface area contributed by atoms with E-state index in [0.29, 0.717) is 33.2 Å². The Hall–Kier alpha value is -3.23. The number of nitrogens with one attached hydrogen (secondary N) is 1. The molecule has 2 aromatic carbocycles. The van der Waals surface area contributed by atoms with E-state index < -0.39 is 0 Å². The number of hydrogen-bond donors (Lipinski definition) is 1. The number of ether oxygens (including phenoxy) is 1. The van der Waals surface area contributed by atoms with Crippen LogP contribution < -0.4 is 10.1 Å². The fourth-order valence-corrected chi connectivity index (χ4v) is 3.94. The number of hydrogen-bond acceptors (Lipinski definition) is 6. The van der Waals surface area contributed by atoms with Crippen molar-refractivity contribution in [3.63, 3.8) is 0 Å². The first-order valence-corrected chi connectivity index (χ1v) is 10.7. The minimum atomic E-state index is -0.191. The van der Waals surface area contributed by atoms with Gasteiger partial charge in [0.05, 0.1) is 24.1 Å². The lowest BCUT2D eigenvalue weighted by molar-refractivity contribution is -0.113. The third-order valence-corrected chi connectivity index (χ3v) is 5.66. The van der Waals surface area contributed by atoms with Crippen molar-refractivity contribution in [2.75, 3.05) is 18.2 Å². The summed E-state index contributed by atoms with van der Waals surface area (Å²) in [5.74, 6) is 1.66. The SMILES string of the molecule is COc1ccc(NC(=O)CSc2nnc(-c3ccco3)n2-c2ccc(C)cc2)cc1Cl. The Bertz CT molecular complexity index is 1190. The molecule has 4 rings (SSSR count). The summed E-state index contributed by atoms with van der Waals surface area (Å²) in [5, 5.41) is 12.4. The summed E-state index contributed by atoms with van der Waals surface area (Å²) in [4.78, 5) is 12.5. The number of anilines is 1. The highest BCUT2D eigenvalue weighted by Crippen LogP contribution is 2.29. The zero-order valence-corrected chi connectivity index (χ0v) is 18.4. The molecule has 0 aliphatic rings. The molecule has 9 heteroatoms. The van der Waals surface area contributed by atoms with Crippen LogP contribution in [0.3, 0.4) is 0 Å². The van der Waals surface area contributed by atoms with E-state index in [9.17, 15) is 4.79 Å². The van der Waals surface area contributed by atoms with Crippen LogP contribution in [0.4, 0.5) is 5.69 Å². The minimum absolute atomic E-state index is 0.145. The van der Waals surface area contributed by atoms with Gasteiger partial charge in [-0.3, -0.25) is 9.36 Å². The Morgan fingerprint density at radius 3 is 2.68 bits per heavy atom. The lowest BCUT2D eigenvalue weighted by atomic mass is 10.2. The van der Waals surface area contributed by atoms with Gasteiger partial charge >= 0.3 is 0 Å². The molecule has 2 aromatic heterocycles. The van der Waals surface area contributed by atoms with E-state index >= 15 is 0 Å². The molecule has 0 spiro atoms. The van der Waals surface area contributed by atoms with Gasteiger partial charge in [-0.15, -0.1) is 10.2 Å². The third kappa shape index (κ3) is 4.76. The number of halogens is 1. The third-order valence-electron chi connectivity index (χ3n) is 4.44. The molecule has 0 radical (unpaired) electrons. The van der Waals surface area contributed by atoms with Crippen molar-refractivity contribution in [3.8, 4) is 23.0 Å². The summed E-state index contributed by atoms with van der Waals surface area (Å²) in [6.45, 7) is 2.02. The Balaban J connectivity index is 1.54. The Morgan fingerprint density at radius 2 is 2.00 bits per heavy atom. The van der Waals surface area contributed by atoms with E-state index in [-0.39, 0.29) is 11.7 Å². The van der Waals surface area contributed by atoms with Crippen molar-refractivity contribution >= 4 is 35.0 Å². The van der Waals surface area contributed by atoms with E-state index in [1.54, 1.807) is 30.5 Å². The summed E-state index contributed by atoms with van der Waals surface area (Å²) in [6, 6.07) is 16.7. The highest BCUT2D eigenvalue weighted by molar-refractivity contribution is 7.99. The van der Waals surface area contributed by atoms with Gasteiger partial charge in [-0.2, -0.15) is 0 Å². The van der Waals surface area contributed by atoms with E-state index in [2.05, 4.69) is 15.5 Å². The molecule has 2 heterocycles. The van der Waals surface area contributed by atoms with Crippen molar-refractivity contribution in [3.05, 3.63) is 71.4 Å². The van der Waals surface area contributed by atoms with Crippen molar-refractivity contribution in [1.29, 1.82) is 0 Å². The van der Waals surface area contributed by atoms with Gasteiger partial charge < -0.3 is 14.5 Å². The molecule has 0 saturated heterocycles. The number of aryl methyl sites for hydroxylation is 1. The van der Waals surface area contributed by atoms with Crippen molar-refractivity contribution in [2.45, 2.75) is 12.1 Å². The maximum absolute atomic E-state index is 12.5. The standard InChI is InChI=1S/C22H19ClN4O3S/c1-14-5-8-16(9-6-14)27-21(19-4-3-11-30-19)25-26-22(27)31-13-20(28)24-15-7-10-18(29-2)17(23)12-15/h3-12H,13H2,1-2H3,(H,24,28). The number of benzene rings is 2. The summed E-state index contributed by atoms with van der Waals surface area (Å²) in [5.41, 5.74) is 2.61. The first kappa shape index (κ1) is 21.0. The second-order valence-electron chi connectivity index (χ2n) is 6.64. The van der Waals surface area contributed by atoms with Crippen LogP contribution in [0.15, 0.2) is 70.4 Å². The normalized spacial score (nSPS) is 10.8. The predicted octanol–water partition coefficient (Wildman–Crippen LogP) is 5.23. The van der Waals surface area contributed by atoms with Crippen LogP contribution in [0, 0.1) is 6.92 Å². The van der Waals surface area contributed by atoms with Crippen LogP contribution in [0.1, 0.15) is 5.56 Å². The van der Waals surface area contributed by atoms with Gasteiger partial charge in [-0.25, -0.2) is 0 Å². The molecular formula is C22H19ClN4O3S. The van der Waals surface area contributed by atoms with Crippen LogP contribution in [0.2, 0.25) is 5.02 Å². The zero-order valence-electron chi connectivity index (χ0n) is 16.8. The predicted molar refractivity (Wildman–Crippen MR) is 121 cm³/mol. The quantitative estimate of drug-likeness (QED) is 0.385. The molecule has 0 bridgehead atoms. The second kappa shape index (κ2) is 9.28. The molecule has 0 atom stereocenters. The summed E-state index contributed by atoms with van der Waals surface area (Å²) in [7, 11) is 1.54. The Labute approximate surface area is 188 Å². The van der Waals surface area contributed by atoms with Crippen LogP contribution in [0.25, 0.3) is 17.3 Å². The molecule has 0 fully saturated rings. The van der Waals surface area contributed by atoms with Gasteiger partial charge in [0.25, 0.3) is 0 Å². The smallest absolute Gasteiger partial charge is 0.234 e.